The number of ether oxygens (including phenoxy) is 2. The first-order chi connectivity index (χ1) is 9.91. The number of aliphatic hydroxyl groups excluding tert-OH is 2. The van der Waals surface area contributed by atoms with Gasteiger partial charge in [-0.05, 0) is 20.8 Å². The smallest absolute Gasteiger partial charge is 0.332 e. The Bertz CT molecular complexity index is 331. The maximum atomic E-state index is 11.3. The number of hydrogen-bond acceptors (Lipinski definition) is 7. The van der Waals surface area contributed by atoms with Crippen molar-refractivity contribution in [1.82, 2.24) is 0 Å². The highest BCUT2D eigenvalue weighted by molar-refractivity contribution is 5.87. The monoisotopic (exact) mass is 308 g/mol. The molecule has 8 heteroatoms. The first-order valence-corrected chi connectivity index (χ1v) is 6.64. The molecule has 0 heterocycles. The molecule has 0 amide bonds. The minimum Gasteiger partial charge on any atom is -0.478 e. The summed E-state index contributed by atoms with van der Waals surface area (Å²) in [6.07, 6.45) is 0. The first-order valence-electron chi connectivity index (χ1n) is 6.64. The summed E-state index contributed by atoms with van der Waals surface area (Å²) in [5, 5.41) is 28.6. The van der Waals surface area contributed by atoms with Crippen molar-refractivity contribution in [3.8, 4) is 0 Å². The fourth-order valence-corrected chi connectivity index (χ4v) is 1.79. The second-order valence-electron chi connectivity index (χ2n) is 4.09. The van der Waals surface area contributed by atoms with E-state index in [0.29, 0.717) is 0 Å². The van der Waals surface area contributed by atoms with Gasteiger partial charge >= 0.3 is 11.9 Å². The van der Waals surface area contributed by atoms with Crippen LogP contribution in [0.15, 0.2) is 12.2 Å². The van der Waals surface area contributed by atoms with Gasteiger partial charge in [-0.1, -0.05) is 6.58 Å². The molecular formula is C13H24O8. The Morgan fingerprint density at radius 1 is 1.05 bits per heavy atom. The molecule has 0 rings (SSSR count). The van der Waals surface area contributed by atoms with Gasteiger partial charge in [0.2, 0.25) is 0 Å². The minimum absolute atomic E-state index is 0.0573. The number of aliphatic hydroxyl groups is 2. The Morgan fingerprint density at radius 2 is 1.52 bits per heavy atom. The fraction of sp³-hybridized carbons (Fsp3) is 0.769. The molecule has 0 atom stereocenters. The molecule has 0 saturated heterocycles. The van der Waals surface area contributed by atoms with Crippen LogP contribution in [0, 0.1) is 5.41 Å². The Hall–Kier alpha value is -1.03. The number of hydrogen-bond donors (Lipinski definition) is 3. The molecule has 0 aliphatic rings. The number of carboxylic acids is 1. The summed E-state index contributed by atoms with van der Waals surface area (Å²) < 4.78 is 10.8. The van der Waals surface area contributed by atoms with Crippen molar-refractivity contribution < 1.29 is 39.4 Å². The Kier molecular flexibility index (Phi) is 8.64. The van der Waals surface area contributed by atoms with Crippen molar-refractivity contribution in [2.24, 2.45) is 5.41 Å². The van der Waals surface area contributed by atoms with Gasteiger partial charge in [-0.2, -0.15) is 4.89 Å². The Morgan fingerprint density at radius 3 is 1.81 bits per heavy atom. The quantitative estimate of drug-likeness (QED) is 0.204. The lowest BCUT2D eigenvalue weighted by atomic mass is 9.79. The topological polar surface area (TPSA) is 115 Å². The normalized spacial score (nSPS) is 12.4. The predicted molar refractivity (Wildman–Crippen MR) is 72.1 cm³/mol. The molecule has 0 aromatic rings. The third-order valence-corrected chi connectivity index (χ3v) is 2.92. The number of aliphatic carboxylic acids is 1. The molecule has 0 unspecified atom stereocenters. The third kappa shape index (κ3) is 4.00. The molecule has 0 bridgehead atoms. The van der Waals surface area contributed by atoms with E-state index in [9.17, 15) is 20.1 Å². The van der Waals surface area contributed by atoms with E-state index in [0.717, 1.165) is 0 Å². The van der Waals surface area contributed by atoms with Crippen molar-refractivity contribution in [1.29, 1.82) is 0 Å². The zero-order valence-corrected chi connectivity index (χ0v) is 12.6. The SMILES string of the molecule is C=C(C(=O)O)C(CO)(CO)C(OCC)(OCC)OOCC. The van der Waals surface area contributed by atoms with E-state index in [-0.39, 0.29) is 19.8 Å². The molecule has 0 aliphatic heterocycles. The largest absolute Gasteiger partial charge is 0.478 e. The molecule has 0 fully saturated rings. The summed E-state index contributed by atoms with van der Waals surface area (Å²) >= 11 is 0. The van der Waals surface area contributed by atoms with Crippen LogP contribution in [0.25, 0.3) is 0 Å². The summed E-state index contributed by atoms with van der Waals surface area (Å²) in [6.45, 7) is 6.83. The third-order valence-electron chi connectivity index (χ3n) is 2.92. The van der Waals surface area contributed by atoms with Crippen LogP contribution in [-0.4, -0.2) is 60.3 Å². The predicted octanol–water partition coefficient (Wildman–Crippen LogP) is 0.293. The molecule has 0 saturated carbocycles. The average Bonchev–Trinajstić information content (AvgIpc) is 2.47. The van der Waals surface area contributed by atoms with Crippen LogP contribution in [0.1, 0.15) is 20.8 Å². The lowest BCUT2D eigenvalue weighted by Gasteiger charge is -2.45. The molecule has 3 N–H and O–H groups in total. The van der Waals surface area contributed by atoms with E-state index >= 15 is 0 Å². The van der Waals surface area contributed by atoms with Crippen molar-refractivity contribution in [2.75, 3.05) is 33.0 Å². The summed E-state index contributed by atoms with van der Waals surface area (Å²) in [5.41, 5.74) is -2.46. The molecular weight excluding hydrogens is 284 g/mol. The van der Waals surface area contributed by atoms with Gasteiger partial charge in [-0.3, -0.25) is 0 Å². The zero-order valence-electron chi connectivity index (χ0n) is 12.6. The molecule has 0 spiro atoms. The van der Waals surface area contributed by atoms with Crippen LogP contribution in [0.4, 0.5) is 0 Å². The molecule has 124 valence electrons. The van der Waals surface area contributed by atoms with Crippen LogP contribution >= 0.6 is 0 Å². The Balaban J connectivity index is 5.95. The van der Waals surface area contributed by atoms with Gasteiger partial charge in [0.1, 0.15) is 5.41 Å². The maximum absolute atomic E-state index is 11.3. The van der Waals surface area contributed by atoms with Gasteiger partial charge in [0.15, 0.2) is 0 Å². The van der Waals surface area contributed by atoms with E-state index in [1.807, 2.05) is 0 Å². The summed E-state index contributed by atoms with van der Waals surface area (Å²) in [4.78, 5) is 21.2. The van der Waals surface area contributed by atoms with Crippen LogP contribution in [-0.2, 0) is 24.0 Å². The van der Waals surface area contributed by atoms with Crippen LogP contribution in [0.3, 0.4) is 0 Å². The molecule has 0 aromatic carbocycles. The maximum Gasteiger partial charge on any atom is 0.332 e. The average molecular weight is 308 g/mol. The summed E-state index contributed by atoms with van der Waals surface area (Å²) in [5.74, 6) is -3.56. The van der Waals surface area contributed by atoms with Crippen LogP contribution in [0.5, 0.6) is 0 Å². The van der Waals surface area contributed by atoms with Gasteiger partial charge in [0.25, 0.3) is 0 Å². The van der Waals surface area contributed by atoms with Crippen LogP contribution < -0.4 is 0 Å². The van der Waals surface area contributed by atoms with Gasteiger partial charge in [-0.25, -0.2) is 9.68 Å². The van der Waals surface area contributed by atoms with Gasteiger partial charge in [-0.15, -0.1) is 0 Å². The van der Waals surface area contributed by atoms with Gasteiger partial charge in [0, 0.05) is 18.8 Å². The highest BCUT2D eigenvalue weighted by Gasteiger charge is 2.60. The highest BCUT2D eigenvalue weighted by atomic mass is 17.3. The molecule has 0 aliphatic carbocycles. The number of carbonyl (C=O) groups is 1. The van der Waals surface area contributed by atoms with E-state index in [4.69, 9.17) is 19.2 Å². The molecule has 8 nitrogen and oxygen atoms in total. The lowest BCUT2D eigenvalue weighted by molar-refractivity contribution is -0.535. The first kappa shape index (κ1) is 20.0. The fourth-order valence-electron chi connectivity index (χ4n) is 1.79. The number of carboxylic acid groups (broad SMARTS) is 1. The molecule has 21 heavy (non-hydrogen) atoms. The molecule has 0 radical (unpaired) electrons. The minimum atomic E-state index is -2.13. The van der Waals surface area contributed by atoms with E-state index < -0.39 is 36.1 Å². The number of rotatable bonds is 12. The second-order valence-corrected chi connectivity index (χ2v) is 4.09. The zero-order chi connectivity index (χ0) is 16.5. The van der Waals surface area contributed by atoms with Crippen molar-refractivity contribution >= 4 is 5.97 Å². The van der Waals surface area contributed by atoms with Gasteiger partial charge < -0.3 is 24.8 Å². The van der Waals surface area contributed by atoms with Crippen molar-refractivity contribution in [3.63, 3.8) is 0 Å². The van der Waals surface area contributed by atoms with E-state index in [1.54, 1.807) is 20.8 Å². The van der Waals surface area contributed by atoms with E-state index in [2.05, 4.69) is 6.58 Å². The highest BCUT2D eigenvalue weighted by Crippen LogP contribution is 2.42. The summed E-state index contributed by atoms with van der Waals surface area (Å²) in [6, 6.07) is 0. The van der Waals surface area contributed by atoms with Crippen molar-refractivity contribution in [3.05, 3.63) is 12.2 Å². The summed E-state index contributed by atoms with van der Waals surface area (Å²) in [7, 11) is 0. The molecule has 0 aromatic heterocycles. The lowest BCUT2D eigenvalue weighted by Crippen LogP contribution is -2.60. The Labute approximate surface area is 123 Å². The van der Waals surface area contributed by atoms with Crippen LogP contribution in [0.2, 0.25) is 0 Å². The van der Waals surface area contributed by atoms with E-state index in [1.165, 1.54) is 0 Å². The second kappa shape index (κ2) is 9.08. The van der Waals surface area contributed by atoms with Gasteiger partial charge in [0.05, 0.1) is 19.8 Å². The van der Waals surface area contributed by atoms with Crippen molar-refractivity contribution in [2.45, 2.75) is 26.7 Å². The standard InChI is InChI=1S/C13H24O8/c1-5-18-13(19-6-2,21-20-7-3)12(8-14,9-15)10(4)11(16)17/h14-15H,4-9H2,1-3H3,(H,16,17).